The van der Waals surface area contributed by atoms with E-state index >= 15 is 0 Å². The highest BCUT2D eigenvalue weighted by molar-refractivity contribution is 6.00. The molecule has 28 heavy (non-hydrogen) atoms. The molecule has 3 heterocycles. The first-order valence-electron chi connectivity index (χ1n) is 8.68. The van der Waals surface area contributed by atoms with Gasteiger partial charge in [-0.15, -0.1) is 10.2 Å². The molecule has 138 valence electrons. The van der Waals surface area contributed by atoms with Gasteiger partial charge in [0.25, 0.3) is 5.91 Å². The summed E-state index contributed by atoms with van der Waals surface area (Å²) >= 11 is 0. The van der Waals surface area contributed by atoms with Crippen LogP contribution < -0.4 is 5.32 Å². The summed E-state index contributed by atoms with van der Waals surface area (Å²) in [4.78, 5) is 18.8. The Morgan fingerprint density at radius 3 is 3.00 bits per heavy atom. The molecule has 0 unspecified atom stereocenters. The second-order valence-electron chi connectivity index (χ2n) is 6.18. The van der Waals surface area contributed by atoms with Crippen LogP contribution in [0.15, 0.2) is 48.8 Å². The molecule has 0 saturated heterocycles. The number of carbonyl (C=O) groups excluding carboxylic acids is 1. The van der Waals surface area contributed by atoms with Crippen LogP contribution in [0.25, 0.3) is 5.57 Å². The lowest BCUT2D eigenvalue weighted by Gasteiger charge is -2.15. The van der Waals surface area contributed by atoms with E-state index in [9.17, 15) is 10.1 Å². The van der Waals surface area contributed by atoms with Gasteiger partial charge in [0.2, 0.25) is 5.82 Å². The Labute approximate surface area is 160 Å². The lowest BCUT2D eigenvalue weighted by Crippen LogP contribution is -2.26. The molecule has 0 fully saturated rings. The van der Waals surface area contributed by atoms with Crippen molar-refractivity contribution in [3.05, 3.63) is 71.4 Å². The highest BCUT2D eigenvalue weighted by atomic mass is 16.2. The third-order valence-corrected chi connectivity index (χ3v) is 4.49. The van der Waals surface area contributed by atoms with Crippen LogP contribution in [-0.2, 0) is 13.0 Å². The topological polar surface area (TPSA) is 123 Å². The normalized spacial score (nSPS) is 13.3. The van der Waals surface area contributed by atoms with Crippen LogP contribution >= 0.6 is 0 Å². The van der Waals surface area contributed by atoms with Crippen molar-refractivity contribution in [1.29, 1.82) is 5.26 Å². The Hall–Kier alpha value is -4.06. The zero-order valence-electron chi connectivity index (χ0n) is 14.8. The molecule has 1 aliphatic heterocycles. The van der Waals surface area contributed by atoms with Gasteiger partial charge in [-0.1, -0.05) is 12.1 Å². The fourth-order valence-electron chi connectivity index (χ4n) is 3.07. The minimum Gasteiger partial charge on any atom is -0.360 e. The number of tetrazole rings is 1. The molecular weight excluding hydrogens is 356 g/mol. The summed E-state index contributed by atoms with van der Waals surface area (Å²) < 4.78 is 0. The monoisotopic (exact) mass is 372 g/mol. The SMILES string of the molecule is N#CC(=CNc1cccc2c1CN(CCc1ccccn1)C2=O)c1nn[nH]n1. The molecule has 1 aliphatic rings. The molecule has 9 heteroatoms. The lowest BCUT2D eigenvalue weighted by molar-refractivity contribution is 0.0780. The molecule has 0 bridgehead atoms. The van der Waals surface area contributed by atoms with E-state index < -0.39 is 0 Å². The molecule has 4 rings (SSSR count). The van der Waals surface area contributed by atoms with Crippen LogP contribution in [0.2, 0.25) is 0 Å². The van der Waals surface area contributed by atoms with Crippen LogP contribution in [0.1, 0.15) is 27.4 Å². The van der Waals surface area contributed by atoms with Gasteiger partial charge in [-0.2, -0.15) is 10.5 Å². The number of anilines is 1. The first-order chi connectivity index (χ1) is 13.8. The van der Waals surface area contributed by atoms with Crippen LogP contribution in [0.3, 0.4) is 0 Å². The highest BCUT2D eigenvalue weighted by Crippen LogP contribution is 2.29. The van der Waals surface area contributed by atoms with Gasteiger partial charge in [-0.3, -0.25) is 9.78 Å². The molecule has 0 atom stereocenters. The number of allylic oxidation sites excluding steroid dienone is 1. The molecule has 2 aromatic heterocycles. The number of amides is 1. The Bertz CT molecular complexity index is 1050. The van der Waals surface area contributed by atoms with E-state index in [-0.39, 0.29) is 17.3 Å². The van der Waals surface area contributed by atoms with E-state index in [0.717, 1.165) is 16.9 Å². The summed E-state index contributed by atoms with van der Waals surface area (Å²) in [6.07, 6.45) is 3.96. The zero-order valence-corrected chi connectivity index (χ0v) is 14.8. The summed E-state index contributed by atoms with van der Waals surface area (Å²) in [6, 6.07) is 13.3. The summed E-state index contributed by atoms with van der Waals surface area (Å²) in [5.74, 6) is 0.202. The van der Waals surface area contributed by atoms with E-state index in [1.165, 1.54) is 6.20 Å². The minimum atomic E-state index is -0.00256. The Kier molecular flexibility index (Phi) is 4.76. The van der Waals surface area contributed by atoms with E-state index in [2.05, 4.69) is 30.9 Å². The minimum absolute atomic E-state index is 0.00256. The summed E-state index contributed by atoms with van der Waals surface area (Å²) in [6.45, 7) is 1.09. The second-order valence-corrected chi connectivity index (χ2v) is 6.18. The van der Waals surface area contributed by atoms with Gasteiger partial charge in [-0.25, -0.2) is 0 Å². The average Bonchev–Trinajstić information content (AvgIpc) is 3.37. The van der Waals surface area contributed by atoms with Crippen LogP contribution in [-0.4, -0.2) is 43.0 Å². The van der Waals surface area contributed by atoms with E-state index in [1.54, 1.807) is 11.1 Å². The first-order valence-corrected chi connectivity index (χ1v) is 8.68. The number of carbonyl (C=O) groups is 1. The van der Waals surface area contributed by atoms with Gasteiger partial charge >= 0.3 is 0 Å². The van der Waals surface area contributed by atoms with Gasteiger partial charge < -0.3 is 10.2 Å². The summed E-state index contributed by atoms with van der Waals surface area (Å²) in [5.41, 5.74) is 3.52. The van der Waals surface area contributed by atoms with Gasteiger partial charge in [0, 0.05) is 54.4 Å². The molecule has 0 radical (unpaired) electrons. The van der Waals surface area contributed by atoms with E-state index in [4.69, 9.17) is 0 Å². The second kappa shape index (κ2) is 7.67. The zero-order chi connectivity index (χ0) is 19.3. The molecule has 0 aliphatic carbocycles. The number of H-pyrrole nitrogens is 1. The number of hydrogen-bond donors (Lipinski definition) is 2. The van der Waals surface area contributed by atoms with Crippen molar-refractivity contribution in [2.45, 2.75) is 13.0 Å². The van der Waals surface area contributed by atoms with Crippen molar-refractivity contribution in [1.82, 2.24) is 30.5 Å². The first kappa shape index (κ1) is 17.4. The maximum Gasteiger partial charge on any atom is 0.254 e. The molecule has 1 amide bonds. The fraction of sp³-hybridized carbons (Fsp3) is 0.158. The van der Waals surface area contributed by atoms with Crippen LogP contribution in [0.5, 0.6) is 0 Å². The van der Waals surface area contributed by atoms with Crippen molar-refractivity contribution >= 4 is 17.2 Å². The van der Waals surface area contributed by atoms with Crippen molar-refractivity contribution in [2.24, 2.45) is 0 Å². The molecule has 3 aromatic rings. The number of nitrogens with zero attached hydrogens (tertiary/aromatic N) is 6. The Morgan fingerprint density at radius 2 is 2.25 bits per heavy atom. The number of aromatic amines is 1. The maximum absolute atomic E-state index is 12.7. The molecular formula is C19H16N8O. The highest BCUT2D eigenvalue weighted by Gasteiger charge is 2.28. The van der Waals surface area contributed by atoms with Crippen molar-refractivity contribution in [2.75, 3.05) is 11.9 Å². The quantitative estimate of drug-likeness (QED) is 0.632. The number of aromatic nitrogens is 5. The van der Waals surface area contributed by atoms with Crippen molar-refractivity contribution < 1.29 is 4.79 Å². The van der Waals surface area contributed by atoms with Gasteiger partial charge in [0.05, 0.1) is 0 Å². The fourth-order valence-corrected chi connectivity index (χ4v) is 3.07. The Balaban J connectivity index is 1.50. The molecule has 9 nitrogen and oxygen atoms in total. The average molecular weight is 372 g/mol. The third kappa shape index (κ3) is 3.43. The van der Waals surface area contributed by atoms with Gasteiger partial charge in [0.15, 0.2) is 0 Å². The van der Waals surface area contributed by atoms with E-state index in [0.29, 0.717) is 25.1 Å². The number of hydrogen-bond acceptors (Lipinski definition) is 7. The van der Waals surface area contributed by atoms with Gasteiger partial charge in [-0.05, 0) is 29.5 Å². The number of rotatable bonds is 6. The molecule has 0 spiro atoms. The maximum atomic E-state index is 12.7. The Morgan fingerprint density at radius 1 is 1.32 bits per heavy atom. The standard InChI is InChI=1S/C19H16N8O/c20-10-13(18-23-25-26-24-18)11-22-17-6-3-5-15-16(17)12-27(19(15)28)9-7-14-4-1-2-8-21-14/h1-6,8,11,22H,7,9,12H2,(H,23,24,25,26). The van der Waals surface area contributed by atoms with Gasteiger partial charge in [0.1, 0.15) is 11.6 Å². The number of fused-ring (bicyclic) bond motifs is 1. The van der Waals surface area contributed by atoms with E-state index in [1.807, 2.05) is 42.5 Å². The predicted molar refractivity (Wildman–Crippen MR) is 101 cm³/mol. The number of nitrogens with one attached hydrogen (secondary N) is 2. The van der Waals surface area contributed by atoms with Crippen LogP contribution in [0.4, 0.5) is 5.69 Å². The van der Waals surface area contributed by atoms with Crippen LogP contribution in [0, 0.1) is 11.3 Å². The number of pyridine rings is 1. The largest absolute Gasteiger partial charge is 0.360 e. The van der Waals surface area contributed by atoms with Crippen molar-refractivity contribution in [3.8, 4) is 6.07 Å². The molecule has 2 N–H and O–H groups in total. The third-order valence-electron chi connectivity index (χ3n) is 4.49. The number of nitriles is 1. The predicted octanol–water partition coefficient (Wildman–Crippen LogP) is 1.77. The summed E-state index contributed by atoms with van der Waals surface area (Å²) in [7, 11) is 0. The lowest BCUT2D eigenvalue weighted by atomic mass is 10.1. The molecule has 0 saturated carbocycles. The summed E-state index contributed by atoms with van der Waals surface area (Å²) in [5, 5.41) is 25.8. The van der Waals surface area contributed by atoms with Crippen molar-refractivity contribution in [3.63, 3.8) is 0 Å². The smallest absolute Gasteiger partial charge is 0.254 e. The number of benzene rings is 1. The molecule has 1 aromatic carbocycles.